The van der Waals surface area contributed by atoms with E-state index in [0.29, 0.717) is 11.9 Å². The number of phenolic OH excluding ortho intramolecular Hbond substituents is 1. The van der Waals surface area contributed by atoms with Crippen LogP contribution in [0.5, 0.6) is 5.75 Å². The number of benzene rings is 1. The van der Waals surface area contributed by atoms with Gasteiger partial charge in [0.2, 0.25) is 0 Å². The van der Waals surface area contributed by atoms with Gasteiger partial charge in [0.05, 0.1) is 22.2 Å². The molecule has 5 rings (SSSR count). The van der Waals surface area contributed by atoms with E-state index in [2.05, 4.69) is 31.9 Å². The molecule has 196 valence electrons. The summed E-state index contributed by atoms with van der Waals surface area (Å²) in [5, 5.41) is 13.8. The van der Waals surface area contributed by atoms with Crippen LogP contribution in [0.1, 0.15) is 48.0 Å². The maximum absolute atomic E-state index is 12.9. The third-order valence-electron chi connectivity index (χ3n) is 6.38. The van der Waals surface area contributed by atoms with Crippen LogP contribution in [0.3, 0.4) is 0 Å². The van der Waals surface area contributed by atoms with Gasteiger partial charge in [0, 0.05) is 24.9 Å². The maximum Gasteiger partial charge on any atom is 0.419 e. The number of alkyl halides is 3. The number of hydrogen-bond donors (Lipinski definition) is 2. The summed E-state index contributed by atoms with van der Waals surface area (Å²) >= 11 is 0. The summed E-state index contributed by atoms with van der Waals surface area (Å²) in [6, 6.07) is 5.01. The Morgan fingerprint density at radius 2 is 1.86 bits per heavy atom. The number of aryl methyl sites for hydroxylation is 2. The fraction of sp³-hybridized carbons (Fsp3) is 0.385. The topological polar surface area (TPSA) is 99.9 Å². The molecular formula is C26H29F3N6O2. The van der Waals surface area contributed by atoms with Gasteiger partial charge in [0.1, 0.15) is 11.6 Å². The Balaban J connectivity index is 0.000000396. The van der Waals surface area contributed by atoms with Crippen LogP contribution >= 0.6 is 0 Å². The van der Waals surface area contributed by atoms with E-state index in [-0.39, 0.29) is 23.1 Å². The van der Waals surface area contributed by atoms with Crippen LogP contribution in [-0.2, 0) is 12.6 Å². The fourth-order valence-electron chi connectivity index (χ4n) is 4.15. The second kappa shape index (κ2) is 10.7. The Morgan fingerprint density at radius 3 is 2.41 bits per heavy atom. The van der Waals surface area contributed by atoms with Crippen LogP contribution in [0.25, 0.3) is 16.7 Å². The van der Waals surface area contributed by atoms with Gasteiger partial charge < -0.3 is 15.0 Å². The molecule has 0 atom stereocenters. The number of aromatic hydroxyl groups is 1. The third kappa shape index (κ3) is 6.16. The van der Waals surface area contributed by atoms with Crippen molar-refractivity contribution >= 4 is 10.9 Å². The van der Waals surface area contributed by atoms with Crippen LogP contribution in [0, 0.1) is 13.8 Å². The Kier molecular flexibility index (Phi) is 7.63. The molecule has 1 saturated heterocycles. The number of H-pyrrole nitrogens is 1. The average molecular weight is 515 g/mol. The molecule has 11 heteroatoms. The first-order valence-electron chi connectivity index (χ1n) is 12.1. The van der Waals surface area contributed by atoms with Crippen molar-refractivity contribution in [2.75, 3.05) is 19.6 Å². The van der Waals surface area contributed by atoms with Crippen molar-refractivity contribution in [1.82, 2.24) is 29.6 Å². The highest BCUT2D eigenvalue weighted by Gasteiger charge is 2.34. The SMILES string of the molecule is CCN1CCCC1.Cc1cn(-c2ccc(Cc3nc4cc(O)c(C(F)(F)F)cc4c(=O)[nH]3)cn2)nc1C. The van der Waals surface area contributed by atoms with Crippen molar-refractivity contribution < 1.29 is 18.3 Å². The van der Waals surface area contributed by atoms with Gasteiger partial charge in [0.15, 0.2) is 5.82 Å². The lowest BCUT2D eigenvalue weighted by molar-refractivity contribution is -0.138. The predicted molar refractivity (Wildman–Crippen MR) is 134 cm³/mol. The smallest absolute Gasteiger partial charge is 0.419 e. The number of aromatic nitrogens is 5. The standard InChI is InChI=1S/C20H16F3N5O2.C6H13N/c1-10-9-28(27-11(10)2)18-4-3-12(8-24-18)5-17-25-15-7-16(29)14(20(21,22)23)6-13(15)19(30)26-17;1-2-7-5-3-4-6-7/h3-4,6-9,29H,5H2,1-2H3,(H,25,26,30);2-6H2,1H3. The molecule has 0 bridgehead atoms. The molecule has 0 radical (unpaired) electrons. The number of nitrogens with one attached hydrogen (secondary N) is 1. The molecule has 1 fully saturated rings. The Hall–Kier alpha value is -3.73. The molecule has 3 aromatic heterocycles. The summed E-state index contributed by atoms with van der Waals surface area (Å²) in [5.41, 5.74) is 0.655. The van der Waals surface area contributed by atoms with E-state index in [4.69, 9.17) is 0 Å². The van der Waals surface area contributed by atoms with E-state index in [1.54, 1.807) is 23.0 Å². The van der Waals surface area contributed by atoms with Gasteiger partial charge in [-0.15, -0.1) is 0 Å². The van der Waals surface area contributed by atoms with Crippen LogP contribution in [0.2, 0.25) is 0 Å². The van der Waals surface area contributed by atoms with E-state index in [0.717, 1.165) is 22.9 Å². The minimum atomic E-state index is -4.78. The summed E-state index contributed by atoms with van der Waals surface area (Å²) in [4.78, 5) is 25.8. The normalized spacial score (nSPS) is 14.1. The molecule has 4 heterocycles. The van der Waals surface area contributed by atoms with Crippen molar-refractivity contribution in [2.45, 2.75) is 46.2 Å². The molecule has 2 N–H and O–H groups in total. The minimum Gasteiger partial charge on any atom is -0.507 e. The van der Waals surface area contributed by atoms with E-state index in [9.17, 15) is 23.1 Å². The molecule has 1 aromatic carbocycles. The van der Waals surface area contributed by atoms with Gasteiger partial charge in [-0.2, -0.15) is 18.3 Å². The molecular weight excluding hydrogens is 485 g/mol. The number of likely N-dealkylation sites (tertiary alicyclic amines) is 1. The molecule has 0 spiro atoms. The molecule has 37 heavy (non-hydrogen) atoms. The van der Waals surface area contributed by atoms with Crippen molar-refractivity contribution in [3.8, 4) is 11.6 Å². The molecule has 0 saturated carbocycles. The fourth-order valence-corrected chi connectivity index (χ4v) is 4.15. The number of hydrogen-bond acceptors (Lipinski definition) is 6. The zero-order valence-corrected chi connectivity index (χ0v) is 20.9. The molecule has 8 nitrogen and oxygen atoms in total. The number of phenols is 1. The summed E-state index contributed by atoms with van der Waals surface area (Å²) in [7, 11) is 0. The Labute approximate surface area is 211 Å². The molecule has 1 aliphatic rings. The first-order valence-corrected chi connectivity index (χ1v) is 12.1. The van der Waals surface area contributed by atoms with E-state index < -0.39 is 23.0 Å². The number of halogens is 3. The monoisotopic (exact) mass is 514 g/mol. The third-order valence-corrected chi connectivity index (χ3v) is 6.38. The van der Waals surface area contributed by atoms with Crippen molar-refractivity contribution in [1.29, 1.82) is 0 Å². The molecule has 4 aromatic rings. The number of nitrogens with zero attached hydrogens (tertiary/aromatic N) is 5. The van der Waals surface area contributed by atoms with Crippen LogP contribution in [0.4, 0.5) is 13.2 Å². The zero-order chi connectivity index (χ0) is 26.7. The minimum absolute atomic E-state index is 0.0219. The van der Waals surface area contributed by atoms with Gasteiger partial charge >= 0.3 is 6.18 Å². The Morgan fingerprint density at radius 1 is 1.14 bits per heavy atom. The van der Waals surface area contributed by atoms with Gasteiger partial charge in [-0.25, -0.2) is 14.6 Å². The first kappa shape index (κ1) is 26.3. The lowest BCUT2D eigenvalue weighted by atomic mass is 10.1. The van der Waals surface area contributed by atoms with Crippen molar-refractivity contribution in [3.05, 3.63) is 75.2 Å². The molecule has 0 aliphatic carbocycles. The van der Waals surface area contributed by atoms with E-state index in [1.165, 1.54) is 32.5 Å². The van der Waals surface area contributed by atoms with Gasteiger partial charge in [0.25, 0.3) is 5.56 Å². The second-order valence-electron chi connectivity index (χ2n) is 9.08. The first-order chi connectivity index (χ1) is 17.5. The highest BCUT2D eigenvalue weighted by molar-refractivity contribution is 5.80. The average Bonchev–Trinajstić information content (AvgIpc) is 3.48. The van der Waals surface area contributed by atoms with Gasteiger partial charge in [-0.05, 0) is 69.6 Å². The van der Waals surface area contributed by atoms with E-state index in [1.807, 2.05) is 20.0 Å². The van der Waals surface area contributed by atoms with Crippen LogP contribution < -0.4 is 5.56 Å². The van der Waals surface area contributed by atoms with Crippen molar-refractivity contribution in [3.63, 3.8) is 0 Å². The largest absolute Gasteiger partial charge is 0.507 e. The van der Waals surface area contributed by atoms with E-state index >= 15 is 0 Å². The molecule has 0 unspecified atom stereocenters. The lowest BCUT2D eigenvalue weighted by Crippen LogP contribution is -2.17. The number of fused-ring (bicyclic) bond motifs is 1. The lowest BCUT2D eigenvalue weighted by Gasteiger charge is -2.10. The highest BCUT2D eigenvalue weighted by Crippen LogP contribution is 2.37. The predicted octanol–water partition coefficient (Wildman–Crippen LogP) is 4.54. The number of aromatic amines is 1. The maximum atomic E-state index is 12.9. The number of rotatable bonds is 4. The second-order valence-corrected chi connectivity index (χ2v) is 9.08. The van der Waals surface area contributed by atoms with Gasteiger partial charge in [-0.1, -0.05) is 13.0 Å². The van der Waals surface area contributed by atoms with Crippen molar-refractivity contribution in [2.24, 2.45) is 0 Å². The summed E-state index contributed by atoms with van der Waals surface area (Å²) < 4.78 is 40.5. The van der Waals surface area contributed by atoms with Crippen LogP contribution in [0.15, 0.2) is 41.5 Å². The zero-order valence-electron chi connectivity index (χ0n) is 20.9. The highest BCUT2D eigenvalue weighted by atomic mass is 19.4. The number of pyridine rings is 1. The summed E-state index contributed by atoms with van der Waals surface area (Å²) in [6.07, 6.45) is 1.75. The molecule has 1 aliphatic heterocycles. The summed E-state index contributed by atoms with van der Waals surface area (Å²) in [6.45, 7) is 10.0. The van der Waals surface area contributed by atoms with Crippen LogP contribution in [-0.4, -0.2) is 54.4 Å². The van der Waals surface area contributed by atoms with Gasteiger partial charge in [-0.3, -0.25) is 4.79 Å². The molecule has 0 amide bonds. The summed E-state index contributed by atoms with van der Waals surface area (Å²) in [5.74, 6) is -0.110. The quantitative estimate of drug-likeness (QED) is 0.415. The Bertz CT molecular complexity index is 1420.